The first-order valence-electron chi connectivity index (χ1n) is 8.79. The summed E-state index contributed by atoms with van der Waals surface area (Å²) in [4.78, 5) is 2.43. The van der Waals surface area contributed by atoms with Gasteiger partial charge in [0, 0.05) is 19.6 Å². The molecule has 0 spiro atoms. The van der Waals surface area contributed by atoms with Crippen LogP contribution >= 0.6 is 0 Å². The molecule has 0 unspecified atom stereocenters. The van der Waals surface area contributed by atoms with Crippen LogP contribution in [0.3, 0.4) is 0 Å². The molecule has 0 radical (unpaired) electrons. The monoisotopic (exact) mass is 329 g/mol. The average molecular weight is 329 g/mol. The Labute approximate surface area is 145 Å². The van der Waals surface area contributed by atoms with Crippen molar-refractivity contribution in [3.05, 3.63) is 41.4 Å². The summed E-state index contributed by atoms with van der Waals surface area (Å²) in [6, 6.07) is 8.64. The van der Waals surface area contributed by atoms with E-state index >= 15 is 0 Å². The molecule has 2 heterocycles. The number of morpholine rings is 1. The van der Waals surface area contributed by atoms with Crippen molar-refractivity contribution in [2.24, 2.45) is 0 Å². The van der Waals surface area contributed by atoms with Crippen molar-refractivity contribution in [3.63, 3.8) is 0 Å². The highest BCUT2D eigenvalue weighted by Gasteiger charge is 2.49. The highest BCUT2D eigenvalue weighted by Crippen LogP contribution is 2.37. The van der Waals surface area contributed by atoms with Crippen LogP contribution in [-0.2, 0) is 20.6 Å². The molecular formula is C19H28BNO3. The molecule has 24 heavy (non-hydrogen) atoms. The Morgan fingerprint density at radius 2 is 1.75 bits per heavy atom. The molecule has 2 fully saturated rings. The van der Waals surface area contributed by atoms with Crippen LogP contribution in [-0.4, -0.2) is 49.5 Å². The molecule has 1 aromatic carbocycles. The van der Waals surface area contributed by atoms with Crippen molar-refractivity contribution in [2.75, 3.05) is 26.3 Å². The third-order valence-corrected chi connectivity index (χ3v) is 5.18. The minimum absolute atomic E-state index is 0.291. The minimum Gasteiger partial charge on any atom is -0.400 e. The fourth-order valence-corrected chi connectivity index (χ4v) is 2.97. The predicted molar refractivity (Wildman–Crippen MR) is 97.7 cm³/mol. The maximum absolute atomic E-state index is 6.01. The van der Waals surface area contributed by atoms with Gasteiger partial charge in [-0.1, -0.05) is 36.3 Å². The van der Waals surface area contributed by atoms with Gasteiger partial charge in [0.1, 0.15) is 0 Å². The normalized spacial score (nSPS) is 23.9. The molecule has 1 aromatic rings. The third kappa shape index (κ3) is 4.09. The Morgan fingerprint density at radius 3 is 2.42 bits per heavy atom. The zero-order chi connectivity index (χ0) is 17.2. The Morgan fingerprint density at radius 1 is 1.08 bits per heavy atom. The van der Waals surface area contributed by atoms with Crippen molar-refractivity contribution in [3.8, 4) is 0 Å². The fraction of sp³-hybridized carbons (Fsp3) is 0.579. The van der Waals surface area contributed by atoms with Gasteiger partial charge in [-0.3, -0.25) is 4.90 Å². The van der Waals surface area contributed by atoms with Crippen LogP contribution in [0.4, 0.5) is 0 Å². The number of benzene rings is 1. The lowest BCUT2D eigenvalue weighted by atomic mass is 9.89. The molecule has 5 heteroatoms. The van der Waals surface area contributed by atoms with Gasteiger partial charge in [-0.05, 0) is 38.8 Å². The topological polar surface area (TPSA) is 30.9 Å². The molecule has 0 atom stereocenters. The van der Waals surface area contributed by atoms with E-state index < -0.39 is 0 Å². The molecular weight excluding hydrogens is 301 g/mol. The summed E-state index contributed by atoms with van der Waals surface area (Å²) in [5.41, 5.74) is 1.92. The molecule has 0 aromatic heterocycles. The standard InChI is InChI=1S/C19H28BNO3/c1-18(2)19(3,4)24-20(23-18)9-8-16-6-5-7-17(14-16)15-21-10-12-22-13-11-21/h5-9,14H,10-13,15H2,1-4H3/b9-8+. The van der Waals surface area contributed by atoms with Crippen molar-refractivity contribution in [1.82, 2.24) is 4.90 Å². The quantitative estimate of drug-likeness (QED) is 0.794. The minimum atomic E-state index is -0.294. The summed E-state index contributed by atoms with van der Waals surface area (Å²) in [6.07, 6.45) is 2.09. The molecule has 2 saturated heterocycles. The first kappa shape index (κ1) is 17.7. The van der Waals surface area contributed by atoms with Crippen LogP contribution in [0.1, 0.15) is 38.8 Å². The van der Waals surface area contributed by atoms with E-state index in [0.29, 0.717) is 0 Å². The Balaban J connectivity index is 1.62. The maximum atomic E-state index is 6.01. The van der Waals surface area contributed by atoms with Crippen LogP contribution in [0.2, 0.25) is 0 Å². The molecule has 2 aliphatic rings. The lowest BCUT2D eigenvalue weighted by Gasteiger charge is -2.32. The molecule has 0 aliphatic carbocycles. The SMILES string of the molecule is CC1(C)OB(/C=C/c2cccc(CN3CCOCC3)c2)OC1(C)C. The van der Waals surface area contributed by atoms with E-state index in [1.54, 1.807) is 0 Å². The van der Waals surface area contributed by atoms with Gasteiger partial charge in [-0.2, -0.15) is 0 Å². The van der Waals surface area contributed by atoms with Gasteiger partial charge in [0.15, 0.2) is 0 Å². The molecule has 0 saturated carbocycles. The van der Waals surface area contributed by atoms with Crippen molar-refractivity contribution in [1.29, 1.82) is 0 Å². The second-order valence-electron chi connectivity index (χ2n) is 7.62. The largest absolute Gasteiger partial charge is 0.487 e. The van der Waals surface area contributed by atoms with E-state index in [1.165, 1.54) is 11.1 Å². The van der Waals surface area contributed by atoms with E-state index in [9.17, 15) is 0 Å². The lowest BCUT2D eigenvalue weighted by molar-refractivity contribution is 0.00578. The molecule has 0 bridgehead atoms. The van der Waals surface area contributed by atoms with E-state index in [-0.39, 0.29) is 18.3 Å². The number of rotatable bonds is 4. The summed E-state index contributed by atoms with van der Waals surface area (Å²) in [7, 11) is -0.294. The van der Waals surface area contributed by atoms with E-state index in [0.717, 1.165) is 32.8 Å². The second kappa shape index (κ2) is 7.00. The van der Waals surface area contributed by atoms with Gasteiger partial charge in [-0.15, -0.1) is 0 Å². The zero-order valence-corrected chi connectivity index (χ0v) is 15.2. The van der Waals surface area contributed by atoms with Crippen LogP contribution in [0.15, 0.2) is 30.2 Å². The summed E-state index contributed by atoms with van der Waals surface area (Å²) in [5, 5.41) is 0. The van der Waals surface area contributed by atoms with Crippen LogP contribution in [0.25, 0.3) is 6.08 Å². The summed E-state index contributed by atoms with van der Waals surface area (Å²) < 4.78 is 17.4. The smallest absolute Gasteiger partial charge is 0.400 e. The number of hydrogen-bond acceptors (Lipinski definition) is 4. The number of ether oxygens (including phenoxy) is 1. The lowest BCUT2D eigenvalue weighted by Crippen LogP contribution is -2.41. The Hall–Kier alpha value is -1.14. The first-order chi connectivity index (χ1) is 11.4. The van der Waals surface area contributed by atoms with Crippen molar-refractivity contribution >= 4 is 13.2 Å². The highest BCUT2D eigenvalue weighted by atomic mass is 16.7. The van der Waals surface area contributed by atoms with Gasteiger partial charge in [-0.25, -0.2) is 0 Å². The predicted octanol–water partition coefficient (Wildman–Crippen LogP) is 3.16. The van der Waals surface area contributed by atoms with Crippen molar-refractivity contribution in [2.45, 2.75) is 45.4 Å². The molecule has 2 aliphatic heterocycles. The van der Waals surface area contributed by atoms with Gasteiger partial charge in [0.25, 0.3) is 0 Å². The second-order valence-corrected chi connectivity index (χ2v) is 7.62. The molecule has 0 amide bonds. The van der Waals surface area contributed by atoms with E-state index in [2.05, 4.69) is 62.9 Å². The zero-order valence-electron chi connectivity index (χ0n) is 15.2. The van der Waals surface area contributed by atoms with E-state index in [4.69, 9.17) is 14.0 Å². The van der Waals surface area contributed by atoms with Gasteiger partial charge in [0.05, 0.1) is 24.4 Å². The van der Waals surface area contributed by atoms with Gasteiger partial charge >= 0.3 is 7.12 Å². The van der Waals surface area contributed by atoms with E-state index in [1.807, 2.05) is 5.98 Å². The molecule has 130 valence electrons. The molecule has 0 N–H and O–H groups in total. The molecule has 3 rings (SSSR count). The van der Waals surface area contributed by atoms with Crippen molar-refractivity contribution < 1.29 is 14.0 Å². The highest BCUT2D eigenvalue weighted by molar-refractivity contribution is 6.52. The summed E-state index contributed by atoms with van der Waals surface area (Å²) in [5.74, 6) is 2.00. The first-order valence-corrected chi connectivity index (χ1v) is 8.79. The average Bonchev–Trinajstić information content (AvgIpc) is 2.74. The summed E-state index contributed by atoms with van der Waals surface area (Å²) in [6.45, 7) is 13.0. The Bertz CT molecular complexity index is 578. The van der Waals surface area contributed by atoms with Gasteiger partial charge < -0.3 is 14.0 Å². The number of hydrogen-bond donors (Lipinski definition) is 0. The fourth-order valence-electron chi connectivity index (χ4n) is 2.97. The Kier molecular flexibility index (Phi) is 5.16. The maximum Gasteiger partial charge on any atom is 0.487 e. The summed E-state index contributed by atoms with van der Waals surface area (Å²) >= 11 is 0. The van der Waals surface area contributed by atoms with Gasteiger partial charge in [0.2, 0.25) is 0 Å². The van der Waals surface area contributed by atoms with Crippen LogP contribution < -0.4 is 0 Å². The number of nitrogens with zero attached hydrogens (tertiary/aromatic N) is 1. The van der Waals surface area contributed by atoms with Crippen LogP contribution in [0, 0.1) is 0 Å². The third-order valence-electron chi connectivity index (χ3n) is 5.18. The molecule has 4 nitrogen and oxygen atoms in total. The van der Waals surface area contributed by atoms with Crippen LogP contribution in [0.5, 0.6) is 0 Å².